The first kappa shape index (κ1) is 11.0. The van der Waals surface area contributed by atoms with Gasteiger partial charge in [0.05, 0.1) is 0 Å². The van der Waals surface area contributed by atoms with Crippen molar-refractivity contribution in [2.24, 2.45) is 5.73 Å². The highest BCUT2D eigenvalue weighted by Crippen LogP contribution is 2.32. The lowest BCUT2D eigenvalue weighted by molar-refractivity contribution is 0.0994. The molecule has 18 heavy (non-hydrogen) atoms. The molecule has 3 N–H and O–H groups in total. The van der Waals surface area contributed by atoms with Crippen LogP contribution in [0.15, 0.2) is 30.3 Å². The summed E-state index contributed by atoms with van der Waals surface area (Å²) in [7, 11) is 0. The lowest BCUT2D eigenvalue weighted by Gasteiger charge is -2.22. The molecule has 0 saturated heterocycles. The van der Waals surface area contributed by atoms with Gasteiger partial charge in [0.25, 0.3) is 5.91 Å². The van der Waals surface area contributed by atoms with E-state index in [0.29, 0.717) is 11.6 Å². The zero-order chi connectivity index (χ0) is 12.5. The van der Waals surface area contributed by atoms with Crippen molar-refractivity contribution in [3.63, 3.8) is 0 Å². The van der Waals surface area contributed by atoms with E-state index in [0.717, 1.165) is 30.5 Å². The van der Waals surface area contributed by atoms with Gasteiger partial charge in [0.2, 0.25) is 0 Å². The monoisotopic (exact) mass is 241 g/mol. The van der Waals surface area contributed by atoms with Crippen LogP contribution in [0.3, 0.4) is 0 Å². The standard InChI is InChI=1S/C14H15N3O/c15-14(18)13-11-7-6-10(8-12(11)16-17-13)9-4-2-1-3-5-9/h1-5,10H,6-8H2,(H2,15,18)(H,16,17). The van der Waals surface area contributed by atoms with Crippen LogP contribution in [0.1, 0.15) is 39.6 Å². The third-order valence-corrected chi connectivity index (χ3v) is 3.65. The number of carbonyl (C=O) groups is 1. The van der Waals surface area contributed by atoms with Crippen LogP contribution in [0.25, 0.3) is 0 Å². The van der Waals surface area contributed by atoms with Crippen LogP contribution in [-0.4, -0.2) is 16.1 Å². The quantitative estimate of drug-likeness (QED) is 0.841. The Bertz CT molecular complexity index is 574. The number of aromatic amines is 1. The fourth-order valence-corrected chi connectivity index (χ4v) is 2.72. The van der Waals surface area contributed by atoms with E-state index in [2.05, 4.69) is 34.5 Å². The summed E-state index contributed by atoms with van der Waals surface area (Å²) in [6.07, 6.45) is 2.81. The van der Waals surface area contributed by atoms with Crippen LogP contribution < -0.4 is 5.73 Å². The van der Waals surface area contributed by atoms with E-state index in [1.165, 1.54) is 5.56 Å². The topological polar surface area (TPSA) is 71.8 Å². The van der Waals surface area contributed by atoms with Crippen LogP contribution in [-0.2, 0) is 12.8 Å². The van der Waals surface area contributed by atoms with E-state index in [1.807, 2.05) is 6.07 Å². The number of nitrogens with two attached hydrogens (primary N) is 1. The van der Waals surface area contributed by atoms with Gasteiger partial charge < -0.3 is 5.73 Å². The zero-order valence-corrected chi connectivity index (χ0v) is 10.0. The number of fused-ring (bicyclic) bond motifs is 1. The first-order valence-corrected chi connectivity index (χ1v) is 6.16. The minimum atomic E-state index is -0.439. The molecule has 4 nitrogen and oxygen atoms in total. The Kier molecular flexibility index (Phi) is 2.63. The maximum Gasteiger partial charge on any atom is 0.269 e. The molecule has 3 rings (SSSR count). The fraction of sp³-hybridized carbons (Fsp3) is 0.286. The number of aromatic nitrogens is 2. The van der Waals surface area contributed by atoms with Crippen molar-refractivity contribution in [1.82, 2.24) is 10.2 Å². The molecule has 92 valence electrons. The minimum absolute atomic E-state index is 0.413. The molecule has 1 aliphatic rings. The molecule has 2 aromatic rings. The number of nitrogens with zero attached hydrogens (tertiary/aromatic N) is 1. The summed E-state index contributed by atoms with van der Waals surface area (Å²) in [6.45, 7) is 0. The van der Waals surface area contributed by atoms with Gasteiger partial charge in [-0.15, -0.1) is 0 Å². The van der Waals surface area contributed by atoms with Gasteiger partial charge in [-0.05, 0) is 30.7 Å². The third-order valence-electron chi connectivity index (χ3n) is 3.65. The Morgan fingerprint density at radius 3 is 2.83 bits per heavy atom. The molecule has 0 bridgehead atoms. The summed E-state index contributed by atoms with van der Waals surface area (Å²) < 4.78 is 0. The van der Waals surface area contributed by atoms with Gasteiger partial charge in [0.15, 0.2) is 5.69 Å². The second-order valence-corrected chi connectivity index (χ2v) is 4.74. The highest BCUT2D eigenvalue weighted by Gasteiger charge is 2.25. The molecule has 0 fully saturated rings. The summed E-state index contributed by atoms with van der Waals surface area (Å²) >= 11 is 0. The molecule has 1 aromatic heterocycles. The van der Waals surface area contributed by atoms with Gasteiger partial charge >= 0.3 is 0 Å². The summed E-state index contributed by atoms with van der Waals surface area (Å²) in [4.78, 5) is 11.2. The van der Waals surface area contributed by atoms with Crippen LogP contribution in [0.2, 0.25) is 0 Å². The largest absolute Gasteiger partial charge is 0.364 e. The lowest BCUT2D eigenvalue weighted by Crippen LogP contribution is -2.17. The van der Waals surface area contributed by atoms with Crippen molar-refractivity contribution in [1.29, 1.82) is 0 Å². The van der Waals surface area contributed by atoms with Crippen LogP contribution in [0.4, 0.5) is 0 Å². The second kappa shape index (κ2) is 4.29. The molecule has 0 aliphatic heterocycles. The van der Waals surface area contributed by atoms with Crippen molar-refractivity contribution < 1.29 is 4.79 Å². The van der Waals surface area contributed by atoms with Gasteiger partial charge in [-0.25, -0.2) is 0 Å². The highest BCUT2D eigenvalue weighted by molar-refractivity contribution is 5.92. The number of amides is 1. The Morgan fingerprint density at radius 2 is 2.11 bits per heavy atom. The van der Waals surface area contributed by atoms with Crippen molar-refractivity contribution in [2.45, 2.75) is 25.2 Å². The number of primary amides is 1. The molecule has 0 radical (unpaired) electrons. The summed E-state index contributed by atoms with van der Waals surface area (Å²) in [5.41, 5.74) is 9.13. The Hall–Kier alpha value is -2.10. The molecule has 0 saturated carbocycles. The van der Waals surface area contributed by atoms with Crippen LogP contribution in [0.5, 0.6) is 0 Å². The number of hydrogen-bond acceptors (Lipinski definition) is 2. The zero-order valence-electron chi connectivity index (χ0n) is 10.0. The SMILES string of the molecule is NC(=O)c1n[nH]c2c1CCC(c1ccccc1)C2. The molecular weight excluding hydrogens is 226 g/mol. The molecular formula is C14H15N3O. The number of H-pyrrole nitrogens is 1. The maximum absolute atomic E-state index is 11.2. The molecule has 1 amide bonds. The normalized spacial score (nSPS) is 18.3. The van der Waals surface area contributed by atoms with Crippen LogP contribution in [0, 0.1) is 0 Å². The summed E-state index contributed by atoms with van der Waals surface area (Å²) in [6, 6.07) is 10.5. The molecule has 1 aromatic carbocycles. The molecule has 0 spiro atoms. The van der Waals surface area contributed by atoms with Gasteiger partial charge in [0.1, 0.15) is 0 Å². The molecule has 1 aliphatic carbocycles. The van der Waals surface area contributed by atoms with Gasteiger partial charge in [0, 0.05) is 11.3 Å². The molecule has 1 heterocycles. The second-order valence-electron chi connectivity index (χ2n) is 4.74. The van der Waals surface area contributed by atoms with Crippen molar-refractivity contribution in [3.05, 3.63) is 52.8 Å². The number of benzene rings is 1. The van der Waals surface area contributed by atoms with E-state index in [1.54, 1.807) is 0 Å². The fourth-order valence-electron chi connectivity index (χ4n) is 2.72. The molecule has 4 heteroatoms. The Morgan fingerprint density at radius 1 is 1.33 bits per heavy atom. The van der Waals surface area contributed by atoms with E-state index in [-0.39, 0.29) is 0 Å². The maximum atomic E-state index is 11.2. The van der Waals surface area contributed by atoms with E-state index in [9.17, 15) is 4.79 Å². The number of hydrogen-bond donors (Lipinski definition) is 2. The predicted octanol–water partition coefficient (Wildman–Crippen LogP) is 1.78. The van der Waals surface area contributed by atoms with E-state index >= 15 is 0 Å². The van der Waals surface area contributed by atoms with Crippen molar-refractivity contribution in [2.75, 3.05) is 0 Å². The average molecular weight is 241 g/mol. The first-order chi connectivity index (χ1) is 8.75. The number of carbonyl (C=O) groups excluding carboxylic acids is 1. The van der Waals surface area contributed by atoms with E-state index in [4.69, 9.17) is 5.73 Å². The number of rotatable bonds is 2. The Balaban J connectivity index is 1.89. The van der Waals surface area contributed by atoms with Gasteiger partial charge in [-0.3, -0.25) is 9.89 Å². The van der Waals surface area contributed by atoms with E-state index < -0.39 is 5.91 Å². The predicted molar refractivity (Wildman–Crippen MR) is 68.3 cm³/mol. The highest BCUT2D eigenvalue weighted by atomic mass is 16.1. The van der Waals surface area contributed by atoms with Crippen molar-refractivity contribution in [3.8, 4) is 0 Å². The average Bonchev–Trinajstić information content (AvgIpc) is 2.82. The van der Waals surface area contributed by atoms with Gasteiger partial charge in [-0.1, -0.05) is 30.3 Å². The first-order valence-electron chi connectivity index (χ1n) is 6.16. The summed E-state index contributed by atoms with van der Waals surface area (Å²) in [5, 5.41) is 6.98. The number of nitrogens with one attached hydrogen (secondary N) is 1. The Labute approximate surface area is 105 Å². The van der Waals surface area contributed by atoms with Gasteiger partial charge in [-0.2, -0.15) is 5.10 Å². The lowest BCUT2D eigenvalue weighted by atomic mass is 9.82. The minimum Gasteiger partial charge on any atom is -0.364 e. The van der Waals surface area contributed by atoms with Crippen LogP contribution >= 0.6 is 0 Å². The van der Waals surface area contributed by atoms with Crippen molar-refractivity contribution >= 4 is 5.91 Å². The summed E-state index contributed by atoms with van der Waals surface area (Å²) in [5.74, 6) is 0.0607. The molecule has 1 atom stereocenters. The molecule has 1 unspecified atom stereocenters. The smallest absolute Gasteiger partial charge is 0.269 e. The third kappa shape index (κ3) is 1.79.